The van der Waals surface area contributed by atoms with Gasteiger partial charge in [-0.2, -0.15) is 0 Å². The fraction of sp³-hybridized carbons (Fsp3) is 0.429. The summed E-state index contributed by atoms with van der Waals surface area (Å²) in [4.78, 5) is 4.06. The molecule has 12 heavy (non-hydrogen) atoms. The van der Waals surface area contributed by atoms with E-state index in [4.69, 9.17) is 11.1 Å². The molecule has 0 amide bonds. The van der Waals surface area contributed by atoms with Crippen LogP contribution in [0.4, 0.5) is 0 Å². The number of hydrogen-bond acceptors (Lipinski definition) is 2. The second kappa shape index (κ2) is 3.75. The van der Waals surface area contributed by atoms with Crippen molar-refractivity contribution in [3.63, 3.8) is 0 Å². The van der Waals surface area contributed by atoms with E-state index >= 15 is 0 Å². The van der Waals surface area contributed by atoms with Crippen molar-refractivity contribution in [2.24, 2.45) is 5.73 Å². The van der Waals surface area contributed by atoms with Gasteiger partial charge in [0.15, 0.2) is 5.96 Å². The maximum atomic E-state index is 6.92. The summed E-state index contributed by atoms with van der Waals surface area (Å²) in [5.74, 6) is 0.980. The molecule has 1 aromatic heterocycles. The third kappa shape index (κ3) is 2.26. The highest BCUT2D eigenvalue weighted by Crippen LogP contribution is 1.92. The molecular formula is C7H13N5. The average molecular weight is 167 g/mol. The van der Waals surface area contributed by atoms with Gasteiger partial charge in [0.05, 0.1) is 0 Å². The van der Waals surface area contributed by atoms with Crippen LogP contribution in [-0.4, -0.2) is 22.1 Å². The highest BCUT2D eigenvalue weighted by atomic mass is 15.1. The maximum absolute atomic E-state index is 6.92. The van der Waals surface area contributed by atoms with Gasteiger partial charge in [-0.15, -0.1) is 0 Å². The molecule has 0 aliphatic rings. The van der Waals surface area contributed by atoms with E-state index in [1.165, 1.54) is 0 Å². The lowest BCUT2D eigenvalue weighted by atomic mass is 10.5. The Bertz CT molecular complexity index is 265. The molecule has 0 aliphatic heterocycles. The summed E-state index contributed by atoms with van der Waals surface area (Å²) in [5.41, 5.74) is 5.12. The number of aromatic nitrogens is 2. The van der Waals surface area contributed by atoms with Crippen molar-refractivity contribution in [3.8, 4) is 0 Å². The molecule has 1 rings (SSSR count). The summed E-state index contributed by atoms with van der Waals surface area (Å²) in [6.45, 7) is 3.38. The molecule has 0 spiro atoms. The molecule has 0 atom stereocenters. The van der Waals surface area contributed by atoms with Crippen LogP contribution in [0.3, 0.4) is 0 Å². The van der Waals surface area contributed by atoms with Crippen LogP contribution < -0.4 is 11.1 Å². The Hall–Kier alpha value is -1.52. The molecular weight excluding hydrogens is 154 g/mol. The first-order valence-corrected chi connectivity index (χ1v) is 3.76. The predicted molar refractivity (Wildman–Crippen MR) is 46.9 cm³/mol. The Labute approximate surface area is 71.1 Å². The number of nitrogens with zero attached hydrogens (tertiary/aromatic N) is 2. The third-order valence-electron chi connectivity index (χ3n) is 1.59. The van der Waals surface area contributed by atoms with Gasteiger partial charge in [-0.3, -0.25) is 5.41 Å². The van der Waals surface area contributed by atoms with E-state index in [-0.39, 0.29) is 5.96 Å². The molecule has 0 aliphatic carbocycles. The summed E-state index contributed by atoms with van der Waals surface area (Å²) >= 11 is 0. The highest BCUT2D eigenvalue weighted by molar-refractivity contribution is 5.74. The van der Waals surface area contributed by atoms with E-state index in [0.29, 0.717) is 6.54 Å². The van der Waals surface area contributed by atoms with Crippen molar-refractivity contribution in [1.82, 2.24) is 14.9 Å². The van der Waals surface area contributed by atoms with Crippen molar-refractivity contribution in [2.45, 2.75) is 13.5 Å². The van der Waals surface area contributed by atoms with E-state index in [9.17, 15) is 0 Å². The predicted octanol–water partition coefficient (Wildman–Crippen LogP) is -0.325. The molecule has 0 saturated heterocycles. The lowest BCUT2D eigenvalue weighted by molar-refractivity contribution is 0.652. The Morgan fingerprint density at radius 3 is 3.08 bits per heavy atom. The lowest BCUT2D eigenvalue weighted by Crippen LogP contribution is -2.32. The third-order valence-corrected chi connectivity index (χ3v) is 1.59. The number of hydrogen-bond donors (Lipinski definition) is 3. The van der Waals surface area contributed by atoms with Gasteiger partial charge in [-0.25, -0.2) is 4.98 Å². The van der Waals surface area contributed by atoms with E-state index in [1.54, 1.807) is 6.20 Å². The summed E-state index contributed by atoms with van der Waals surface area (Å²) < 4.78 is 2.00. The van der Waals surface area contributed by atoms with E-state index in [1.807, 2.05) is 17.7 Å². The number of nitrogens with one attached hydrogen (secondary N) is 2. The number of aryl methyl sites for hydroxylation is 1. The van der Waals surface area contributed by atoms with Crippen molar-refractivity contribution in [3.05, 3.63) is 18.2 Å². The normalized spacial score (nSPS) is 9.75. The van der Waals surface area contributed by atoms with Crippen LogP contribution in [0.2, 0.25) is 0 Å². The first-order chi connectivity index (χ1) is 5.70. The molecule has 0 bridgehead atoms. The second-order valence-corrected chi connectivity index (χ2v) is 2.51. The van der Waals surface area contributed by atoms with Crippen LogP contribution in [-0.2, 0) is 6.54 Å². The van der Waals surface area contributed by atoms with Crippen LogP contribution in [0, 0.1) is 12.3 Å². The fourth-order valence-corrected chi connectivity index (χ4v) is 0.951. The van der Waals surface area contributed by atoms with Crippen molar-refractivity contribution in [2.75, 3.05) is 6.54 Å². The quantitative estimate of drug-likeness (QED) is 0.426. The number of nitrogens with two attached hydrogens (primary N) is 1. The summed E-state index contributed by atoms with van der Waals surface area (Å²) in [5, 5.41) is 9.64. The highest BCUT2D eigenvalue weighted by Gasteiger charge is 1.94. The van der Waals surface area contributed by atoms with Crippen LogP contribution in [0.1, 0.15) is 5.82 Å². The molecule has 0 radical (unpaired) electrons. The Balaban J connectivity index is 2.33. The fourth-order valence-electron chi connectivity index (χ4n) is 0.951. The van der Waals surface area contributed by atoms with Gasteiger partial charge in [0.1, 0.15) is 5.82 Å². The summed E-state index contributed by atoms with van der Waals surface area (Å²) in [7, 11) is 0. The molecule has 1 heterocycles. The minimum atomic E-state index is 0.00719. The Kier molecular flexibility index (Phi) is 2.68. The zero-order valence-corrected chi connectivity index (χ0v) is 7.04. The largest absolute Gasteiger partial charge is 0.370 e. The second-order valence-electron chi connectivity index (χ2n) is 2.51. The van der Waals surface area contributed by atoms with E-state index < -0.39 is 0 Å². The molecule has 66 valence electrons. The monoisotopic (exact) mass is 167 g/mol. The molecule has 0 unspecified atom stereocenters. The SMILES string of the molecule is Cc1nccn1CCNC(=N)N. The molecule has 0 aromatic carbocycles. The minimum absolute atomic E-state index is 0.00719. The molecule has 1 aromatic rings. The molecule has 0 fully saturated rings. The molecule has 5 heteroatoms. The van der Waals surface area contributed by atoms with Crippen molar-refractivity contribution >= 4 is 5.96 Å². The molecule has 5 nitrogen and oxygen atoms in total. The zero-order valence-electron chi connectivity index (χ0n) is 7.04. The molecule has 4 N–H and O–H groups in total. The minimum Gasteiger partial charge on any atom is -0.370 e. The first kappa shape index (κ1) is 8.58. The van der Waals surface area contributed by atoms with Crippen LogP contribution in [0.25, 0.3) is 0 Å². The number of imidazole rings is 1. The summed E-state index contributed by atoms with van der Waals surface area (Å²) in [6.07, 6.45) is 3.65. The zero-order chi connectivity index (χ0) is 8.97. The Morgan fingerprint density at radius 2 is 2.58 bits per heavy atom. The molecule has 0 saturated carbocycles. The van der Waals surface area contributed by atoms with Gasteiger partial charge in [0.2, 0.25) is 0 Å². The van der Waals surface area contributed by atoms with E-state index in [2.05, 4.69) is 10.3 Å². The topological polar surface area (TPSA) is 79.7 Å². The van der Waals surface area contributed by atoms with Crippen LogP contribution in [0.5, 0.6) is 0 Å². The van der Waals surface area contributed by atoms with Gasteiger partial charge in [0.25, 0.3) is 0 Å². The van der Waals surface area contributed by atoms with Gasteiger partial charge < -0.3 is 15.6 Å². The van der Waals surface area contributed by atoms with Crippen molar-refractivity contribution in [1.29, 1.82) is 5.41 Å². The van der Waals surface area contributed by atoms with Crippen LogP contribution in [0.15, 0.2) is 12.4 Å². The van der Waals surface area contributed by atoms with Gasteiger partial charge in [-0.05, 0) is 6.92 Å². The van der Waals surface area contributed by atoms with Gasteiger partial charge >= 0.3 is 0 Å². The average Bonchev–Trinajstić information content (AvgIpc) is 2.36. The van der Waals surface area contributed by atoms with Gasteiger partial charge in [-0.1, -0.05) is 0 Å². The van der Waals surface area contributed by atoms with Crippen LogP contribution >= 0.6 is 0 Å². The smallest absolute Gasteiger partial charge is 0.185 e. The Morgan fingerprint density at radius 1 is 1.83 bits per heavy atom. The standard InChI is InChI=1S/C7H13N5/c1-6-10-2-4-12(6)5-3-11-7(8)9/h2,4H,3,5H2,1H3,(H4,8,9,11). The van der Waals surface area contributed by atoms with E-state index in [0.717, 1.165) is 12.4 Å². The lowest BCUT2D eigenvalue weighted by Gasteiger charge is -2.05. The number of guanidine groups is 1. The first-order valence-electron chi connectivity index (χ1n) is 3.76. The maximum Gasteiger partial charge on any atom is 0.185 e. The summed E-state index contributed by atoms with van der Waals surface area (Å²) in [6, 6.07) is 0. The van der Waals surface area contributed by atoms with Crippen molar-refractivity contribution < 1.29 is 0 Å². The number of rotatable bonds is 3. The van der Waals surface area contributed by atoms with Gasteiger partial charge in [0, 0.05) is 25.5 Å².